The first kappa shape index (κ1) is 11.4. The molecule has 0 spiro atoms. The van der Waals surface area contributed by atoms with E-state index in [4.69, 9.17) is 5.73 Å². The molecule has 0 aromatic carbocycles. The fourth-order valence-corrected chi connectivity index (χ4v) is 1.34. The summed E-state index contributed by atoms with van der Waals surface area (Å²) in [6, 6.07) is 0.154. The number of hydrogen-bond acceptors (Lipinski definition) is 4. The van der Waals surface area contributed by atoms with E-state index in [1.165, 1.54) is 12.4 Å². The van der Waals surface area contributed by atoms with Gasteiger partial charge in [-0.3, -0.25) is 4.79 Å². The molecular weight excluding hydrogens is 192 g/mol. The van der Waals surface area contributed by atoms with E-state index in [0.717, 1.165) is 0 Å². The van der Waals surface area contributed by atoms with Crippen LogP contribution in [0.25, 0.3) is 0 Å². The summed E-state index contributed by atoms with van der Waals surface area (Å²) >= 11 is 0. The van der Waals surface area contributed by atoms with Crippen LogP contribution in [-0.4, -0.2) is 33.4 Å². The van der Waals surface area contributed by atoms with Crippen LogP contribution in [0.3, 0.4) is 0 Å². The highest BCUT2D eigenvalue weighted by Gasteiger charge is 2.18. The van der Waals surface area contributed by atoms with Gasteiger partial charge >= 0.3 is 0 Å². The molecule has 0 radical (unpaired) electrons. The summed E-state index contributed by atoms with van der Waals surface area (Å²) in [5.74, 6) is 0.208. The van der Waals surface area contributed by atoms with E-state index >= 15 is 0 Å². The van der Waals surface area contributed by atoms with Gasteiger partial charge in [0.2, 0.25) is 0 Å². The average molecular weight is 208 g/mol. The minimum atomic E-state index is -0.111. The third kappa shape index (κ3) is 2.65. The Hall–Kier alpha value is -1.65. The Labute approximate surface area is 89.3 Å². The summed E-state index contributed by atoms with van der Waals surface area (Å²) in [5.41, 5.74) is 5.73. The zero-order chi connectivity index (χ0) is 11.4. The lowest BCUT2D eigenvalue weighted by molar-refractivity contribution is 0.0710. The number of hydrogen-bond donors (Lipinski definition) is 1. The predicted octanol–water partition coefficient (Wildman–Crippen LogP) is 0.929. The Morgan fingerprint density at radius 3 is 2.53 bits per heavy atom. The molecule has 1 heterocycles. The van der Waals surface area contributed by atoms with Gasteiger partial charge in [-0.05, 0) is 20.8 Å². The van der Waals surface area contributed by atoms with Crippen molar-refractivity contribution in [3.63, 3.8) is 0 Å². The second-order valence-electron chi connectivity index (χ2n) is 3.51. The minimum absolute atomic E-state index is 0.111. The van der Waals surface area contributed by atoms with Gasteiger partial charge in [-0.15, -0.1) is 0 Å². The van der Waals surface area contributed by atoms with E-state index in [-0.39, 0.29) is 11.9 Å². The van der Waals surface area contributed by atoms with E-state index in [1.807, 2.05) is 20.8 Å². The standard InChI is InChI=1S/C10H16N4O/c1-4-14(7(2)3)10(15)8-5-13-9(11)6-12-8/h5-7H,4H2,1-3H3,(H2,11,13). The molecule has 2 N–H and O–H groups in total. The molecule has 1 aromatic rings. The number of nitrogens with two attached hydrogens (primary N) is 1. The highest BCUT2D eigenvalue weighted by atomic mass is 16.2. The monoisotopic (exact) mass is 208 g/mol. The Morgan fingerprint density at radius 2 is 2.13 bits per heavy atom. The minimum Gasteiger partial charge on any atom is -0.382 e. The highest BCUT2D eigenvalue weighted by Crippen LogP contribution is 2.05. The quantitative estimate of drug-likeness (QED) is 0.802. The van der Waals surface area contributed by atoms with Crippen LogP contribution in [0.15, 0.2) is 12.4 Å². The average Bonchev–Trinajstić information content (AvgIpc) is 2.19. The van der Waals surface area contributed by atoms with E-state index in [0.29, 0.717) is 18.1 Å². The molecule has 0 atom stereocenters. The van der Waals surface area contributed by atoms with Gasteiger partial charge in [0.05, 0.1) is 12.4 Å². The van der Waals surface area contributed by atoms with Crippen LogP contribution in [0.4, 0.5) is 5.82 Å². The van der Waals surface area contributed by atoms with Crippen LogP contribution in [0, 0.1) is 0 Å². The van der Waals surface area contributed by atoms with E-state index < -0.39 is 0 Å². The summed E-state index contributed by atoms with van der Waals surface area (Å²) in [4.78, 5) is 21.4. The molecule has 1 amide bonds. The van der Waals surface area contributed by atoms with Gasteiger partial charge in [0, 0.05) is 12.6 Å². The zero-order valence-electron chi connectivity index (χ0n) is 9.27. The molecule has 1 aromatic heterocycles. The number of amides is 1. The lowest BCUT2D eigenvalue weighted by atomic mass is 10.3. The second kappa shape index (κ2) is 4.72. The predicted molar refractivity (Wildman–Crippen MR) is 58.3 cm³/mol. The van der Waals surface area contributed by atoms with Crippen molar-refractivity contribution in [2.75, 3.05) is 12.3 Å². The fourth-order valence-electron chi connectivity index (χ4n) is 1.34. The Kier molecular flexibility index (Phi) is 3.60. The topological polar surface area (TPSA) is 72.1 Å². The Bertz CT molecular complexity index is 334. The summed E-state index contributed by atoms with van der Waals surface area (Å²) < 4.78 is 0. The van der Waals surface area contributed by atoms with Crippen LogP contribution in [0.5, 0.6) is 0 Å². The van der Waals surface area contributed by atoms with Crippen molar-refractivity contribution >= 4 is 11.7 Å². The molecule has 15 heavy (non-hydrogen) atoms. The van der Waals surface area contributed by atoms with Crippen molar-refractivity contribution < 1.29 is 4.79 Å². The third-order valence-corrected chi connectivity index (χ3v) is 2.12. The van der Waals surface area contributed by atoms with E-state index in [1.54, 1.807) is 4.90 Å². The van der Waals surface area contributed by atoms with Crippen LogP contribution in [0.2, 0.25) is 0 Å². The van der Waals surface area contributed by atoms with Gasteiger partial charge in [0.15, 0.2) is 0 Å². The number of carbonyl (C=O) groups is 1. The molecule has 0 aliphatic heterocycles. The Balaban J connectivity index is 2.88. The number of carbonyl (C=O) groups excluding carboxylic acids is 1. The molecule has 5 nitrogen and oxygen atoms in total. The molecule has 0 saturated carbocycles. The van der Waals surface area contributed by atoms with Crippen molar-refractivity contribution in [2.24, 2.45) is 0 Å². The number of anilines is 1. The van der Waals surface area contributed by atoms with Crippen molar-refractivity contribution in [3.8, 4) is 0 Å². The van der Waals surface area contributed by atoms with Crippen LogP contribution < -0.4 is 5.73 Å². The second-order valence-corrected chi connectivity index (χ2v) is 3.51. The molecule has 0 bridgehead atoms. The number of nitrogen functional groups attached to an aromatic ring is 1. The van der Waals surface area contributed by atoms with Gasteiger partial charge in [0.25, 0.3) is 5.91 Å². The molecule has 0 aliphatic carbocycles. The molecule has 82 valence electrons. The van der Waals surface area contributed by atoms with Crippen LogP contribution in [0.1, 0.15) is 31.3 Å². The maximum atomic E-state index is 11.9. The van der Waals surface area contributed by atoms with Gasteiger partial charge in [-0.2, -0.15) is 0 Å². The van der Waals surface area contributed by atoms with Gasteiger partial charge in [-0.25, -0.2) is 9.97 Å². The first-order chi connectivity index (χ1) is 7.06. The smallest absolute Gasteiger partial charge is 0.274 e. The molecule has 0 aliphatic rings. The molecule has 0 fully saturated rings. The lowest BCUT2D eigenvalue weighted by Gasteiger charge is -2.24. The van der Waals surface area contributed by atoms with Gasteiger partial charge in [0.1, 0.15) is 11.5 Å². The molecule has 0 unspecified atom stereocenters. The Morgan fingerprint density at radius 1 is 1.47 bits per heavy atom. The number of rotatable bonds is 3. The van der Waals surface area contributed by atoms with Crippen molar-refractivity contribution in [1.82, 2.24) is 14.9 Å². The van der Waals surface area contributed by atoms with Crippen molar-refractivity contribution in [2.45, 2.75) is 26.8 Å². The molecule has 0 saturated heterocycles. The van der Waals surface area contributed by atoms with Crippen molar-refractivity contribution in [1.29, 1.82) is 0 Å². The highest BCUT2D eigenvalue weighted by molar-refractivity contribution is 5.92. The van der Waals surface area contributed by atoms with Crippen LogP contribution >= 0.6 is 0 Å². The first-order valence-corrected chi connectivity index (χ1v) is 4.94. The summed E-state index contributed by atoms with van der Waals surface area (Å²) in [5, 5.41) is 0. The molecule has 1 rings (SSSR count). The third-order valence-electron chi connectivity index (χ3n) is 2.12. The largest absolute Gasteiger partial charge is 0.382 e. The number of aromatic nitrogens is 2. The summed E-state index contributed by atoms with van der Waals surface area (Å²) in [6.45, 7) is 6.52. The molecular formula is C10H16N4O. The zero-order valence-corrected chi connectivity index (χ0v) is 9.27. The van der Waals surface area contributed by atoms with E-state index in [2.05, 4.69) is 9.97 Å². The van der Waals surface area contributed by atoms with Crippen molar-refractivity contribution in [3.05, 3.63) is 18.1 Å². The van der Waals surface area contributed by atoms with E-state index in [9.17, 15) is 4.79 Å². The fraction of sp³-hybridized carbons (Fsp3) is 0.500. The van der Waals surface area contributed by atoms with Gasteiger partial charge in [-0.1, -0.05) is 0 Å². The van der Waals surface area contributed by atoms with Gasteiger partial charge < -0.3 is 10.6 Å². The first-order valence-electron chi connectivity index (χ1n) is 4.94. The maximum absolute atomic E-state index is 11.9. The summed E-state index contributed by atoms with van der Waals surface area (Å²) in [6.07, 6.45) is 2.80. The SMILES string of the molecule is CCN(C(=O)c1cnc(N)cn1)C(C)C. The number of nitrogens with zero attached hydrogens (tertiary/aromatic N) is 3. The summed E-state index contributed by atoms with van der Waals surface area (Å²) in [7, 11) is 0. The normalized spacial score (nSPS) is 10.4. The molecule has 5 heteroatoms. The maximum Gasteiger partial charge on any atom is 0.274 e. The lowest BCUT2D eigenvalue weighted by Crippen LogP contribution is -2.37. The van der Waals surface area contributed by atoms with Crippen LogP contribution in [-0.2, 0) is 0 Å².